The third-order valence-electron chi connectivity index (χ3n) is 3.57. The van der Waals surface area contributed by atoms with Crippen LogP contribution in [-0.2, 0) is 0 Å². The highest BCUT2D eigenvalue weighted by Gasteiger charge is 2.25. The smallest absolute Gasteiger partial charge is 0.128 e. The molecule has 0 bridgehead atoms. The Hall–Kier alpha value is -0.970. The summed E-state index contributed by atoms with van der Waals surface area (Å²) in [6.07, 6.45) is 1.05. The van der Waals surface area contributed by atoms with Crippen molar-refractivity contribution in [2.75, 3.05) is 33.7 Å². The molecule has 0 aliphatic rings. The monoisotopic (exact) mass is 281 g/mol. The zero-order valence-corrected chi connectivity index (χ0v) is 13.1. The summed E-state index contributed by atoms with van der Waals surface area (Å²) in [5.41, 5.74) is 6.83. The lowest BCUT2D eigenvalue weighted by Crippen LogP contribution is -2.41. The van der Waals surface area contributed by atoms with E-state index in [0.29, 0.717) is 5.56 Å². The van der Waals surface area contributed by atoms with Gasteiger partial charge in [-0.15, -0.1) is 0 Å². The van der Waals surface area contributed by atoms with E-state index in [4.69, 9.17) is 5.73 Å². The van der Waals surface area contributed by atoms with Crippen LogP contribution in [0.25, 0.3) is 0 Å². The largest absolute Gasteiger partial charge is 0.326 e. The van der Waals surface area contributed by atoms with E-state index in [1.807, 2.05) is 19.1 Å². The number of hydrogen-bond donors (Lipinski definition) is 1. The van der Waals surface area contributed by atoms with E-state index in [1.54, 1.807) is 6.07 Å². The van der Waals surface area contributed by atoms with Gasteiger partial charge >= 0.3 is 0 Å². The normalized spacial score (nSPS) is 14.8. The minimum atomic E-state index is -0.166. The minimum Gasteiger partial charge on any atom is -0.326 e. The van der Waals surface area contributed by atoms with E-state index in [-0.39, 0.29) is 17.9 Å². The van der Waals surface area contributed by atoms with E-state index in [2.05, 4.69) is 30.8 Å². The molecule has 0 saturated heterocycles. The van der Waals surface area contributed by atoms with Crippen molar-refractivity contribution in [3.8, 4) is 0 Å². The second-order valence-electron chi connectivity index (χ2n) is 5.61. The number of hydrogen-bond acceptors (Lipinski definition) is 3. The van der Waals surface area contributed by atoms with Gasteiger partial charge in [0.2, 0.25) is 0 Å². The fourth-order valence-corrected chi connectivity index (χ4v) is 2.61. The van der Waals surface area contributed by atoms with Gasteiger partial charge in [-0.3, -0.25) is 4.90 Å². The van der Waals surface area contributed by atoms with Crippen LogP contribution < -0.4 is 5.73 Å². The maximum Gasteiger partial charge on any atom is 0.128 e. The molecule has 0 amide bonds. The van der Waals surface area contributed by atoms with Crippen molar-refractivity contribution in [3.05, 3.63) is 35.6 Å². The van der Waals surface area contributed by atoms with Crippen molar-refractivity contribution in [1.82, 2.24) is 9.80 Å². The molecule has 0 heterocycles. The van der Waals surface area contributed by atoms with Crippen LogP contribution in [0.5, 0.6) is 0 Å². The maximum absolute atomic E-state index is 14.1. The van der Waals surface area contributed by atoms with Crippen molar-refractivity contribution in [2.45, 2.75) is 32.4 Å². The first-order chi connectivity index (χ1) is 9.47. The van der Waals surface area contributed by atoms with Crippen LogP contribution in [0.15, 0.2) is 24.3 Å². The molecule has 2 atom stereocenters. The van der Waals surface area contributed by atoms with Gasteiger partial charge in [0.15, 0.2) is 0 Å². The zero-order valence-electron chi connectivity index (χ0n) is 13.1. The zero-order chi connectivity index (χ0) is 15.1. The Morgan fingerprint density at radius 2 is 1.85 bits per heavy atom. The summed E-state index contributed by atoms with van der Waals surface area (Å²) in [4.78, 5) is 4.43. The van der Waals surface area contributed by atoms with Gasteiger partial charge in [-0.25, -0.2) is 4.39 Å². The van der Waals surface area contributed by atoms with Crippen molar-refractivity contribution < 1.29 is 4.39 Å². The first-order valence-electron chi connectivity index (χ1n) is 7.36. The lowest BCUT2D eigenvalue weighted by Gasteiger charge is -2.34. The SMILES string of the molecule is CCN(CCCN(C)C)C(c1ccccc1F)C(C)N. The van der Waals surface area contributed by atoms with Crippen LogP contribution in [-0.4, -0.2) is 49.6 Å². The molecule has 0 spiro atoms. The molecule has 1 rings (SSSR count). The van der Waals surface area contributed by atoms with Crippen LogP contribution in [0.4, 0.5) is 4.39 Å². The number of nitrogens with two attached hydrogens (primary N) is 1. The van der Waals surface area contributed by atoms with Gasteiger partial charge in [-0.1, -0.05) is 25.1 Å². The molecule has 1 aromatic rings. The predicted molar refractivity (Wildman–Crippen MR) is 83.2 cm³/mol. The Labute approximate surface area is 122 Å². The standard InChI is InChI=1S/C16H28FN3/c1-5-20(12-8-11-19(3)4)16(13(2)18)14-9-6-7-10-15(14)17/h6-7,9-10,13,16H,5,8,11-12,18H2,1-4H3. The fourth-order valence-electron chi connectivity index (χ4n) is 2.61. The summed E-state index contributed by atoms with van der Waals surface area (Å²) in [6.45, 7) is 6.88. The summed E-state index contributed by atoms with van der Waals surface area (Å²) >= 11 is 0. The average molecular weight is 281 g/mol. The first-order valence-corrected chi connectivity index (χ1v) is 7.36. The van der Waals surface area contributed by atoms with E-state index >= 15 is 0 Å². The summed E-state index contributed by atoms with van der Waals surface area (Å²) < 4.78 is 14.1. The van der Waals surface area contributed by atoms with Gasteiger partial charge in [-0.2, -0.15) is 0 Å². The van der Waals surface area contributed by atoms with Gasteiger partial charge < -0.3 is 10.6 Å². The highest BCUT2D eigenvalue weighted by Crippen LogP contribution is 2.25. The highest BCUT2D eigenvalue weighted by atomic mass is 19.1. The summed E-state index contributed by atoms with van der Waals surface area (Å²) in [5.74, 6) is -0.166. The second kappa shape index (κ2) is 8.35. The molecule has 0 aromatic heterocycles. The van der Waals surface area contributed by atoms with Crippen LogP contribution in [0.3, 0.4) is 0 Å². The molecular formula is C16H28FN3. The second-order valence-corrected chi connectivity index (χ2v) is 5.61. The topological polar surface area (TPSA) is 32.5 Å². The van der Waals surface area contributed by atoms with Crippen molar-refractivity contribution in [1.29, 1.82) is 0 Å². The Morgan fingerprint density at radius 3 is 2.35 bits per heavy atom. The quantitative estimate of drug-likeness (QED) is 0.794. The molecule has 2 unspecified atom stereocenters. The molecule has 2 N–H and O–H groups in total. The van der Waals surface area contributed by atoms with Crippen LogP contribution in [0, 0.1) is 5.82 Å². The first kappa shape index (κ1) is 17.1. The Kier molecular flexibility index (Phi) is 7.13. The van der Waals surface area contributed by atoms with Gasteiger partial charge in [-0.05, 0) is 46.6 Å². The van der Waals surface area contributed by atoms with Crippen molar-refractivity contribution >= 4 is 0 Å². The summed E-state index contributed by atoms with van der Waals surface area (Å²) in [6, 6.07) is 6.78. The van der Waals surface area contributed by atoms with E-state index in [0.717, 1.165) is 26.1 Å². The average Bonchev–Trinajstić information content (AvgIpc) is 2.38. The molecular weight excluding hydrogens is 253 g/mol. The summed E-state index contributed by atoms with van der Waals surface area (Å²) in [7, 11) is 4.13. The van der Waals surface area contributed by atoms with E-state index in [1.165, 1.54) is 6.07 Å². The fraction of sp³-hybridized carbons (Fsp3) is 0.625. The lowest BCUT2D eigenvalue weighted by atomic mass is 9.98. The molecule has 20 heavy (non-hydrogen) atoms. The molecule has 114 valence electrons. The van der Waals surface area contributed by atoms with Crippen molar-refractivity contribution in [3.63, 3.8) is 0 Å². The molecule has 3 nitrogen and oxygen atoms in total. The Balaban J connectivity index is 2.85. The number of halogens is 1. The molecule has 4 heteroatoms. The number of rotatable bonds is 8. The predicted octanol–water partition coefficient (Wildman–Crippen LogP) is 2.49. The third-order valence-corrected chi connectivity index (χ3v) is 3.57. The number of nitrogens with zero attached hydrogens (tertiary/aromatic N) is 2. The van der Waals surface area contributed by atoms with Gasteiger partial charge in [0.1, 0.15) is 5.82 Å². The number of benzene rings is 1. The van der Waals surface area contributed by atoms with E-state index in [9.17, 15) is 4.39 Å². The lowest BCUT2D eigenvalue weighted by molar-refractivity contribution is 0.173. The molecule has 0 fully saturated rings. The summed E-state index contributed by atoms with van der Waals surface area (Å²) in [5, 5.41) is 0. The van der Waals surface area contributed by atoms with Crippen LogP contribution >= 0.6 is 0 Å². The molecule has 0 aliphatic heterocycles. The highest BCUT2D eigenvalue weighted by molar-refractivity contribution is 5.22. The molecule has 1 aromatic carbocycles. The minimum absolute atomic E-state index is 0.0663. The number of likely N-dealkylation sites (N-methyl/N-ethyl adjacent to an activating group) is 1. The van der Waals surface area contributed by atoms with E-state index < -0.39 is 0 Å². The third kappa shape index (κ3) is 4.85. The Bertz CT molecular complexity index is 393. The van der Waals surface area contributed by atoms with Crippen molar-refractivity contribution in [2.24, 2.45) is 5.73 Å². The molecule has 0 aliphatic carbocycles. The maximum atomic E-state index is 14.1. The molecule has 0 radical (unpaired) electrons. The van der Waals surface area contributed by atoms with Gasteiger partial charge in [0.05, 0.1) is 6.04 Å². The van der Waals surface area contributed by atoms with Gasteiger partial charge in [0.25, 0.3) is 0 Å². The molecule has 0 saturated carbocycles. The van der Waals surface area contributed by atoms with Crippen LogP contribution in [0.2, 0.25) is 0 Å². The van der Waals surface area contributed by atoms with Gasteiger partial charge in [0, 0.05) is 18.2 Å². The van der Waals surface area contributed by atoms with Crippen LogP contribution in [0.1, 0.15) is 31.9 Å². The Morgan fingerprint density at radius 1 is 1.20 bits per heavy atom.